The zero-order valence-electron chi connectivity index (χ0n) is 16.6. The van der Waals surface area contributed by atoms with Gasteiger partial charge < -0.3 is 9.64 Å². The molecule has 0 spiro atoms. The average molecular weight is 399 g/mol. The summed E-state index contributed by atoms with van der Waals surface area (Å²) in [5.41, 5.74) is 1.47. The summed E-state index contributed by atoms with van der Waals surface area (Å²) < 4.78 is 34.4. The Hall–Kier alpha value is -2.73. The second kappa shape index (κ2) is 8.10. The number of hydrogen-bond donors (Lipinski definition) is 1. The molecule has 3 rings (SSSR count). The molecular formula is C22H26N2O3S. The van der Waals surface area contributed by atoms with Crippen LogP contribution < -0.4 is 14.4 Å². The topological polar surface area (TPSA) is 58.6 Å². The van der Waals surface area contributed by atoms with Gasteiger partial charge in [0.15, 0.2) is 0 Å². The maximum atomic E-state index is 13.0. The van der Waals surface area contributed by atoms with Gasteiger partial charge in [0.1, 0.15) is 5.75 Å². The molecule has 0 amide bonds. The van der Waals surface area contributed by atoms with Gasteiger partial charge in [-0.05, 0) is 42.3 Å². The fraction of sp³-hybridized carbons (Fsp3) is 0.273. The van der Waals surface area contributed by atoms with Gasteiger partial charge in [-0.3, -0.25) is 4.72 Å². The summed E-state index contributed by atoms with van der Waals surface area (Å²) in [5.74, 6) is 1.15. The maximum Gasteiger partial charge on any atom is 0.262 e. The molecular weight excluding hydrogens is 372 g/mol. The third kappa shape index (κ3) is 4.39. The molecule has 1 N–H and O–H groups in total. The van der Waals surface area contributed by atoms with E-state index in [4.69, 9.17) is 4.74 Å². The minimum atomic E-state index is -3.73. The van der Waals surface area contributed by atoms with Gasteiger partial charge in [-0.2, -0.15) is 0 Å². The lowest BCUT2D eigenvalue weighted by Crippen LogP contribution is -2.14. The van der Waals surface area contributed by atoms with E-state index in [-0.39, 0.29) is 4.90 Å². The third-order valence-electron chi connectivity index (χ3n) is 4.32. The lowest BCUT2D eigenvalue weighted by Gasteiger charge is -2.17. The largest absolute Gasteiger partial charge is 0.493 e. The summed E-state index contributed by atoms with van der Waals surface area (Å²) in [5, 5.41) is 1.59. The van der Waals surface area contributed by atoms with E-state index in [9.17, 15) is 8.42 Å². The van der Waals surface area contributed by atoms with E-state index < -0.39 is 10.0 Å². The second-order valence-electron chi connectivity index (χ2n) is 7.36. The minimum Gasteiger partial charge on any atom is -0.493 e. The fourth-order valence-electron chi connectivity index (χ4n) is 2.98. The van der Waals surface area contributed by atoms with Crippen molar-refractivity contribution in [3.8, 4) is 5.75 Å². The highest BCUT2D eigenvalue weighted by Gasteiger charge is 2.18. The molecule has 0 saturated heterocycles. The first-order valence-corrected chi connectivity index (χ1v) is 10.7. The van der Waals surface area contributed by atoms with E-state index in [1.807, 2.05) is 43.3 Å². The van der Waals surface area contributed by atoms with Gasteiger partial charge in [0.05, 0.1) is 11.5 Å². The van der Waals surface area contributed by atoms with Gasteiger partial charge in [-0.25, -0.2) is 8.42 Å². The quantitative estimate of drug-likeness (QED) is 0.624. The Morgan fingerprint density at radius 1 is 0.929 bits per heavy atom. The van der Waals surface area contributed by atoms with E-state index in [0.717, 1.165) is 16.8 Å². The zero-order chi connectivity index (χ0) is 20.3. The van der Waals surface area contributed by atoms with Crippen LogP contribution in [0.5, 0.6) is 5.75 Å². The number of nitrogens with one attached hydrogen (secondary N) is 1. The van der Waals surface area contributed by atoms with Crippen molar-refractivity contribution in [2.75, 3.05) is 30.3 Å². The molecule has 0 heterocycles. The highest BCUT2D eigenvalue weighted by atomic mass is 32.2. The van der Waals surface area contributed by atoms with E-state index in [2.05, 4.69) is 18.6 Å². The van der Waals surface area contributed by atoms with E-state index in [1.54, 1.807) is 36.4 Å². The summed E-state index contributed by atoms with van der Waals surface area (Å²) in [7, 11) is 0.153. The van der Waals surface area contributed by atoms with Crippen LogP contribution in [0.25, 0.3) is 10.8 Å². The lowest BCUT2D eigenvalue weighted by molar-refractivity contribution is 0.271. The Kier molecular flexibility index (Phi) is 5.79. The van der Waals surface area contributed by atoms with Crippen LogP contribution in [-0.2, 0) is 10.0 Å². The zero-order valence-corrected chi connectivity index (χ0v) is 17.5. The van der Waals surface area contributed by atoms with Gasteiger partial charge >= 0.3 is 0 Å². The molecule has 0 bridgehead atoms. The van der Waals surface area contributed by atoms with Gasteiger partial charge in [0.25, 0.3) is 10.0 Å². The number of ether oxygens (including phenoxy) is 1. The highest BCUT2D eigenvalue weighted by Crippen LogP contribution is 2.31. The molecule has 0 fully saturated rings. The Morgan fingerprint density at radius 3 is 2.21 bits per heavy atom. The number of fused-ring (bicyclic) bond motifs is 1. The third-order valence-corrected chi connectivity index (χ3v) is 5.76. The van der Waals surface area contributed by atoms with Crippen molar-refractivity contribution in [3.63, 3.8) is 0 Å². The van der Waals surface area contributed by atoms with Crippen molar-refractivity contribution in [2.24, 2.45) is 5.92 Å². The number of nitrogens with zero attached hydrogens (tertiary/aromatic N) is 1. The number of hydrogen-bond acceptors (Lipinski definition) is 4. The van der Waals surface area contributed by atoms with Gasteiger partial charge in [0.2, 0.25) is 0 Å². The molecule has 28 heavy (non-hydrogen) atoms. The molecule has 5 nitrogen and oxygen atoms in total. The van der Waals surface area contributed by atoms with Crippen molar-refractivity contribution in [1.29, 1.82) is 0 Å². The van der Waals surface area contributed by atoms with Crippen LogP contribution in [0.15, 0.2) is 65.6 Å². The van der Waals surface area contributed by atoms with Crippen LogP contribution >= 0.6 is 0 Å². The van der Waals surface area contributed by atoms with Crippen molar-refractivity contribution >= 4 is 32.2 Å². The molecule has 0 aliphatic heterocycles. The number of rotatable bonds is 7. The predicted molar refractivity (Wildman–Crippen MR) is 116 cm³/mol. The average Bonchev–Trinajstić information content (AvgIpc) is 2.66. The summed E-state index contributed by atoms with van der Waals surface area (Å²) >= 11 is 0. The fourth-order valence-corrected chi connectivity index (χ4v) is 4.26. The normalized spacial score (nSPS) is 11.6. The number of benzene rings is 3. The maximum absolute atomic E-state index is 13.0. The first-order valence-electron chi connectivity index (χ1n) is 9.22. The molecule has 0 aliphatic rings. The van der Waals surface area contributed by atoms with Crippen molar-refractivity contribution in [1.82, 2.24) is 0 Å². The Bertz CT molecular complexity index is 1060. The second-order valence-corrected chi connectivity index (χ2v) is 9.01. The van der Waals surface area contributed by atoms with E-state index in [1.165, 1.54) is 0 Å². The summed E-state index contributed by atoms with van der Waals surface area (Å²) in [6.07, 6.45) is 0. The Labute approximate surface area is 167 Å². The summed E-state index contributed by atoms with van der Waals surface area (Å²) in [6.45, 7) is 4.78. The lowest BCUT2D eigenvalue weighted by atomic mass is 10.1. The molecule has 0 radical (unpaired) electrons. The van der Waals surface area contributed by atoms with E-state index >= 15 is 0 Å². The van der Waals surface area contributed by atoms with Gasteiger partial charge in [-0.15, -0.1) is 0 Å². The molecule has 3 aromatic carbocycles. The highest BCUT2D eigenvalue weighted by molar-refractivity contribution is 7.93. The number of anilines is 2. The van der Waals surface area contributed by atoms with Gasteiger partial charge in [-0.1, -0.05) is 38.1 Å². The smallest absolute Gasteiger partial charge is 0.262 e. The summed E-state index contributed by atoms with van der Waals surface area (Å²) in [6, 6.07) is 18.0. The Balaban J connectivity index is 1.90. The van der Waals surface area contributed by atoms with Crippen molar-refractivity contribution in [3.05, 3.63) is 60.7 Å². The van der Waals surface area contributed by atoms with Crippen LogP contribution in [0.3, 0.4) is 0 Å². The minimum absolute atomic E-state index is 0.258. The van der Waals surface area contributed by atoms with E-state index in [0.29, 0.717) is 23.6 Å². The standard InChI is InChI=1S/C22H26N2O3S/c1-16(2)15-27-18-13-11-17(12-14-18)23-28(25,26)22-10-6-7-19-20(22)8-5-9-21(19)24(3)4/h5-14,16,23H,15H2,1-4H3. The molecule has 6 heteroatoms. The monoisotopic (exact) mass is 398 g/mol. The molecule has 0 unspecified atom stereocenters. The van der Waals surface area contributed by atoms with Crippen molar-refractivity contribution in [2.45, 2.75) is 18.7 Å². The first-order chi connectivity index (χ1) is 13.3. The summed E-state index contributed by atoms with van der Waals surface area (Å²) in [4.78, 5) is 2.23. The molecule has 148 valence electrons. The predicted octanol–water partition coefficient (Wildman–Crippen LogP) is 4.74. The van der Waals surface area contributed by atoms with Crippen molar-refractivity contribution < 1.29 is 13.2 Å². The SMILES string of the molecule is CC(C)COc1ccc(NS(=O)(=O)c2cccc3c(N(C)C)cccc23)cc1. The molecule has 0 aliphatic carbocycles. The van der Waals surface area contributed by atoms with Gasteiger partial charge in [0, 0.05) is 36.2 Å². The van der Waals surface area contributed by atoms with Crippen LogP contribution in [0.1, 0.15) is 13.8 Å². The van der Waals surface area contributed by atoms with Crippen LogP contribution in [0.4, 0.5) is 11.4 Å². The Morgan fingerprint density at radius 2 is 1.57 bits per heavy atom. The van der Waals surface area contributed by atoms with Crippen LogP contribution in [0.2, 0.25) is 0 Å². The number of sulfonamides is 1. The molecule has 0 aromatic heterocycles. The molecule has 0 saturated carbocycles. The first kappa shape index (κ1) is 20.0. The molecule has 3 aromatic rings. The van der Waals surface area contributed by atoms with Crippen LogP contribution in [-0.4, -0.2) is 29.1 Å². The molecule has 0 atom stereocenters. The van der Waals surface area contributed by atoms with Crippen LogP contribution in [0, 0.1) is 5.92 Å².